The Kier molecular flexibility index (Phi) is 4.54. The summed E-state index contributed by atoms with van der Waals surface area (Å²) in [6.07, 6.45) is 3.28. The molecule has 0 saturated carbocycles. The molecule has 1 aromatic heterocycles. The third kappa shape index (κ3) is 3.27. The van der Waals surface area contributed by atoms with Crippen molar-refractivity contribution in [2.45, 2.75) is 18.6 Å². The highest BCUT2D eigenvalue weighted by molar-refractivity contribution is 7.99. The predicted octanol–water partition coefficient (Wildman–Crippen LogP) is 4.50. The predicted molar refractivity (Wildman–Crippen MR) is 80.7 cm³/mol. The van der Waals surface area contributed by atoms with Gasteiger partial charge in [0.15, 0.2) is 5.13 Å². The highest BCUT2D eigenvalue weighted by Gasteiger charge is 2.06. The molecule has 1 unspecified atom stereocenters. The van der Waals surface area contributed by atoms with Crippen LogP contribution in [-0.4, -0.2) is 23.0 Å². The van der Waals surface area contributed by atoms with Gasteiger partial charge in [-0.05, 0) is 24.8 Å². The molecule has 92 valence electrons. The Morgan fingerprint density at radius 2 is 2.35 bits per heavy atom. The first kappa shape index (κ1) is 13.0. The lowest BCUT2D eigenvalue weighted by molar-refractivity contribution is 0.853. The van der Waals surface area contributed by atoms with E-state index in [-0.39, 0.29) is 0 Å². The molecule has 1 aromatic carbocycles. The van der Waals surface area contributed by atoms with E-state index in [1.54, 1.807) is 11.3 Å². The number of hydrogen-bond donors (Lipinski definition) is 1. The number of anilines is 1. The number of thiazole rings is 1. The number of fused-ring (bicyclic) bond motifs is 1. The molecule has 0 amide bonds. The van der Waals surface area contributed by atoms with Crippen LogP contribution in [0, 0.1) is 0 Å². The summed E-state index contributed by atoms with van der Waals surface area (Å²) >= 11 is 9.63. The first-order valence-corrected chi connectivity index (χ1v) is 8.00. The maximum atomic E-state index is 6.12. The molecule has 0 radical (unpaired) electrons. The van der Waals surface area contributed by atoms with Crippen molar-refractivity contribution in [1.82, 2.24) is 4.98 Å². The van der Waals surface area contributed by atoms with Crippen LogP contribution in [0.2, 0.25) is 5.02 Å². The van der Waals surface area contributed by atoms with Gasteiger partial charge in [0.25, 0.3) is 0 Å². The van der Waals surface area contributed by atoms with E-state index in [2.05, 4.69) is 23.5 Å². The SMILES string of the molecule is CSC(C)CCNc1nc2cccc(Cl)c2s1. The Morgan fingerprint density at radius 1 is 1.53 bits per heavy atom. The van der Waals surface area contributed by atoms with Gasteiger partial charge in [0.1, 0.15) is 0 Å². The molecule has 2 rings (SSSR count). The number of halogens is 1. The second-order valence-electron chi connectivity index (χ2n) is 3.87. The van der Waals surface area contributed by atoms with Gasteiger partial charge < -0.3 is 5.32 Å². The van der Waals surface area contributed by atoms with Gasteiger partial charge in [-0.2, -0.15) is 11.8 Å². The monoisotopic (exact) mass is 286 g/mol. The Hall–Kier alpha value is -0.450. The van der Waals surface area contributed by atoms with E-state index in [9.17, 15) is 0 Å². The first-order valence-electron chi connectivity index (χ1n) is 5.52. The van der Waals surface area contributed by atoms with Gasteiger partial charge >= 0.3 is 0 Å². The second kappa shape index (κ2) is 5.94. The van der Waals surface area contributed by atoms with Crippen molar-refractivity contribution >= 4 is 50.0 Å². The number of thioether (sulfide) groups is 1. The lowest BCUT2D eigenvalue weighted by Crippen LogP contribution is -2.07. The average Bonchev–Trinajstić information content (AvgIpc) is 2.73. The van der Waals surface area contributed by atoms with Crippen molar-refractivity contribution in [2.75, 3.05) is 18.1 Å². The zero-order chi connectivity index (χ0) is 12.3. The molecular weight excluding hydrogens is 272 g/mol. The minimum atomic E-state index is 0.681. The molecule has 0 fully saturated rings. The van der Waals surface area contributed by atoms with Crippen molar-refractivity contribution < 1.29 is 0 Å². The number of benzene rings is 1. The maximum Gasteiger partial charge on any atom is 0.183 e. The lowest BCUT2D eigenvalue weighted by atomic mass is 10.3. The maximum absolute atomic E-state index is 6.12. The van der Waals surface area contributed by atoms with Crippen LogP contribution in [0.1, 0.15) is 13.3 Å². The zero-order valence-electron chi connectivity index (χ0n) is 9.87. The molecule has 1 heterocycles. The summed E-state index contributed by atoms with van der Waals surface area (Å²) in [5.74, 6) is 0. The Morgan fingerprint density at radius 3 is 3.06 bits per heavy atom. The van der Waals surface area contributed by atoms with Gasteiger partial charge in [-0.3, -0.25) is 0 Å². The molecule has 0 spiro atoms. The van der Waals surface area contributed by atoms with Crippen molar-refractivity contribution in [3.8, 4) is 0 Å². The lowest BCUT2D eigenvalue weighted by Gasteiger charge is -2.07. The van der Waals surface area contributed by atoms with Crippen LogP contribution >= 0.6 is 34.7 Å². The number of aromatic nitrogens is 1. The molecule has 5 heteroatoms. The molecule has 1 atom stereocenters. The highest BCUT2D eigenvalue weighted by Crippen LogP contribution is 2.31. The van der Waals surface area contributed by atoms with Crippen LogP contribution in [0.5, 0.6) is 0 Å². The smallest absolute Gasteiger partial charge is 0.183 e. The highest BCUT2D eigenvalue weighted by atomic mass is 35.5. The fourth-order valence-electron chi connectivity index (χ4n) is 1.49. The van der Waals surface area contributed by atoms with E-state index < -0.39 is 0 Å². The van der Waals surface area contributed by atoms with Gasteiger partial charge in [0.2, 0.25) is 0 Å². The molecule has 2 aromatic rings. The Labute approximate surface area is 115 Å². The van der Waals surface area contributed by atoms with Crippen molar-refractivity contribution in [3.63, 3.8) is 0 Å². The minimum Gasteiger partial charge on any atom is -0.361 e. The standard InChI is InChI=1S/C12H15ClN2S2/c1-8(16-2)6-7-14-12-15-10-5-3-4-9(13)11(10)17-12/h3-5,8H,6-7H2,1-2H3,(H,14,15). The topological polar surface area (TPSA) is 24.9 Å². The van der Waals surface area contributed by atoms with E-state index in [0.717, 1.165) is 33.3 Å². The van der Waals surface area contributed by atoms with E-state index >= 15 is 0 Å². The van der Waals surface area contributed by atoms with Crippen LogP contribution in [0.3, 0.4) is 0 Å². The molecule has 0 aliphatic carbocycles. The van der Waals surface area contributed by atoms with Crippen molar-refractivity contribution in [2.24, 2.45) is 0 Å². The van der Waals surface area contributed by atoms with Crippen molar-refractivity contribution in [1.29, 1.82) is 0 Å². The van der Waals surface area contributed by atoms with Gasteiger partial charge in [-0.25, -0.2) is 4.98 Å². The fourth-order valence-corrected chi connectivity index (χ4v) is 3.03. The molecule has 0 saturated heterocycles. The van der Waals surface area contributed by atoms with Gasteiger partial charge in [-0.1, -0.05) is 35.9 Å². The van der Waals surface area contributed by atoms with Gasteiger partial charge in [0, 0.05) is 11.8 Å². The summed E-state index contributed by atoms with van der Waals surface area (Å²) in [6.45, 7) is 3.20. The Balaban J connectivity index is 2.02. The van der Waals surface area contributed by atoms with Gasteiger partial charge in [-0.15, -0.1) is 0 Å². The van der Waals surface area contributed by atoms with Crippen LogP contribution in [0.15, 0.2) is 18.2 Å². The number of nitrogens with zero attached hydrogens (tertiary/aromatic N) is 1. The molecule has 0 aliphatic heterocycles. The quantitative estimate of drug-likeness (QED) is 0.876. The third-order valence-electron chi connectivity index (χ3n) is 2.60. The first-order chi connectivity index (χ1) is 8.20. The minimum absolute atomic E-state index is 0.681. The average molecular weight is 287 g/mol. The summed E-state index contributed by atoms with van der Waals surface area (Å²) in [4.78, 5) is 4.51. The van der Waals surface area contributed by atoms with Gasteiger partial charge in [0.05, 0.1) is 15.2 Å². The van der Waals surface area contributed by atoms with Crippen LogP contribution in [-0.2, 0) is 0 Å². The zero-order valence-corrected chi connectivity index (χ0v) is 12.3. The largest absolute Gasteiger partial charge is 0.361 e. The molecule has 2 nitrogen and oxygen atoms in total. The third-order valence-corrected chi connectivity index (χ3v) is 5.13. The number of hydrogen-bond acceptors (Lipinski definition) is 4. The molecule has 0 bridgehead atoms. The normalized spacial score (nSPS) is 12.9. The molecule has 1 N–H and O–H groups in total. The van der Waals surface area contributed by atoms with Crippen LogP contribution < -0.4 is 5.32 Å². The molecular formula is C12H15ClN2S2. The fraction of sp³-hybridized carbons (Fsp3) is 0.417. The summed E-state index contributed by atoms with van der Waals surface area (Å²) < 4.78 is 1.06. The number of rotatable bonds is 5. The summed E-state index contributed by atoms with van der Waals surface area (Å²) in [5, 5.41) is 5.79. The van der Waals surface area contributed by atoms with Crippen LogP contribution in [0.25, 0.3) is 10.2 Å². The summed E-state index contributed by atoms with van der Waals surface area (Å²) in [5.41, 5.74) is 0.975. The Bertz CT molecular complexity index is 498. The summed E-state index contributed by atoms with van der Waals surface area (Å²) in [7, 11) is 0. The van der Waals surface area contributed by atoms with E-state index in [1.165, 1.54) is 0 Å². The second-order valence-corrected chi connectivity index (χ2v) is 6.55. The van der Waals surface area contributed by atoms with E-state index in [4.69, 9.17) is 11.6 Å². The number of nitrogens with one attached hydrogen (secondary N) is 1. The van der Waals surface area contributed by atoms with E-state index in [0.29, 0.717) is 5.25 Å². The van der Waals surface area contributed by atoms with Crippen LogP contribution in [0.4, 0.5) is 5.13 Å². The molecule has 0 aliphatic rings. The van der Waals surface area contributed by atoms with E-state index in [1.807, 2.05) is 30.0 Å². The molecule has 17 heavy (non-hydrogen) atoms. The summed E-state index contributed by atoms with van der Waals surface area (Å²) in [6, 6.07) is 5.83. The van der Waals surface area contributed by atoms with Crippen molar-refractivity contribution in [3.05, 3.63) is 23.2 Å².